The van der Waals surface area contributed by atoms with Crippen molar-refractivity contribution in [3.05, 3.63) is 71.3 Å². The minimum Gasteiger partial charge on any atom is -0.464 e. The van der Waals surface area contributed by atoms with E-state index in [0.717, 1.165) is 0 Å². The number of carbonyl (C=O) groups excluding carboxylic acids is 2. The molecular weight excluding hydrogens is 368 g/mol. The van der Waals surface area contributed by atoms with Crippen molar-refractivity contribution in [3.63, 3.8) is 0 Å². The lowest BCUT2D eigenvalue weighted by Gasteiger charge is -2.18. The highest BCUT2D eigenvalue weighted by Gasteiger charge is 2.23. The van der Waals surface area contributed by atoms with Crippen molar-refractivity contribution in [3.8, 4) is 0 Å². The van der Waals surface area contributed by atoms with Crippen molar-refractivity contribution in [1.29, 1.82) is 0 Å². The fourth-order valence-electron chi connectivity index (χ4n) is 2.68. The van der Waals surface area contributed by atoms with Crippen molar-refractivity contribution in [2.75, 3.05) is 6.61 Å². The molecule has 2 N–H and O–H groups in total. The Labute approximate surface area is 162 Å². The molecule has 0 saturated carbocycles. The van der Waals surface area contributed by atoms with Crippen LogP contribution in [-0.4, -0.2) is 36.1 Å². The van der Waals surface area contributed by atoms with Crippen LogP contribution >= 0.6 is 0 Å². The van der Waals surface area contributed by atoms with Gasteiger partial charge in [0, 0.05) is 18.4 Å². The second-order valence-electron chi connectivity index (χ2n) is 6.23. The van der Waals surface area contributed by atoms with Crippen LogP contribution in [0.2, 0.25) is 0 Å². The summed E-state index contributed by atoms with van der Waals surface area (Å²) in [6.45, 7) is 1.85. The Morgan fingerprint density at radius 2 is 1.71 bits per heavy atom. The topological polar surface area (TPSA) is 75.6 Å². The third kappa shape index (κ3) is 6.42. The van der Waals surface area contributed by atoms with Gasteiger partial charge in [0.1, 0.15) is 6.04 Å². The number of benzene rings is 2. The van der Waals surface area contributed by atoms with Gasteiger partial charge in [-0.2, -0.15) is 0 Å². The highest BCUT2D eigenvalue weighted by molar-refractivity contribution is 5.96. The van der Waals surface area contributed by atoms with Gasteiger partial charge in [0.25, 0.3) is 5.91 Å². The Morgan fingerprint density at radius 3 is 2.29 bits per heavy atom. The molecule has 150 valence electrons. The Balaban J connectivity index is 2.09. The quantitative estimate of drug-likeness (QED) is 0.644. The maximum Gasteiger partial charge on any atom is 0.328 e. The molecule has 0 aliphatic rings. The van der Waals surface area contributed by atoms with Gasteiger partial charge in [-0.15, -0.1) is 0 Å². The number of hydrogen-bond acceptors (Lipinski definition) is 4. The van der Waals surface area contributed by atoms with Crippen LogP contribution in [0.4, 0.5) is 8.78 Å². The monoisotopic (exact) mass is 391 g/mol. The molecule has 2 rings (SSSR count). The summed E-state index contributed by atoms with van der Waals surface area (Å²) >= 11 is 0. The van der Waals surface area contributed by atoms with E-state index in [1.807, 2.05) is 0 Å². The Hall–Kier alpha value is -2.80. The molecule has 5 nitrogen and oxygen atoms in total. The van der Waals surface area contributed by atoms with E-state index in [1.54, 1.807) is 49.4 Å². The largest absolute Gasteiger partial charge is 0.464 e. The lowest BCUT2D eigenvalue weighted by molar-refractivity contribution is -0.145. The predicted molar refractivity (Wildman–Crippen MR) is 100 cm³/mol. The van der Waals surface area contributed by atoms with E-state index in [9.17, 15) is 23.5 Å². The van der Waals surface area contributed by atoms with Gasteiger partial charge in [0.05, 0.1) is 12.7 Å². The summed E-state index contributed by atoms with van der Waals surface area (Å²) in [4.78, 5) is 24.6. The molecule has 2 aromatic carbocycles. The van der Waals surface area contributed by atoms with Gasteiger partial charge in [-0.25, -0.2) is 13.6 Å². The molecule has 1 unspecified atom stereocenters. The summed E-state index contributed by atoms with van der Waals surface area (Å²) in [5.74, 6) is -0.962. The number of aliphatic hydroxyl groups excluding tert-OH is 1. The van der Waals surface area contributed by atoms with E-state index < -0.39 is 36.9 Å². The summed E-state index contributed by atoms with van der Waals surface area (Å²) in [6, 6.07) is 13.9. The van der Waals surface area contributed by atoms with Crippen molar-refractivity contribution in [2.45, 2.75) is 38.3 Å². The number of nitrogens with one attached hydrogen (secondary N) is 1. The van der Waals surface area contributed by atoms with Crippen LogP contribution < -0.4 is 5.32 Å². The van der Waals surface area contributed by atoms with Gasteiger partial charge in [-0.3, -0.25) is 4.79 Å². The number of carbonyl (C=O) groups is 2. The van der Waals surface area contributed by atoms with Crippen LogP contribution in [0.25, 0.3) is 0 Å². The molecule has 28 heavy (non-hydrogen) atoms. The van der Waals surface area contributed by atoms with Crippen LogP contribution in [0.1, 0.15) is 40.9 Å². The fourth-order valence-corrected chi connectivity index (χ4v) is 2.68. The number of ether oxygens (including phenoxy) is 1. The molecule has 0 aromatic heterocycles. The van der Waals surface area contributed by atoms with Crippen molar-refractivity contribution in [1.82, 2.24) is 5.32 Å². The maximum atomic E-state index is 12.4. The third-order valence-electron chi connectivity index (χ3n) is 4.12. The Kier molecular flexibility index (Phi) is 8.07. The Bertz CT molecular complexity index is 766. The van der Waals surface area contributed by atoms with Gasteiger partial charge >= 0.3 is 5.97 Å². The highest BCUT2D eigenvalue weighted by Crippen LogP contribution is 2.21. The van der Waals surface area contributed by atoms with Crippen LogP contribution in [0.3, 0.4) is 0 Å². The highest BCUT2D eigenvalue weighted by atomic mass is 19.3. The molecule has 0 heterocycles. The van der Waals surface area contributed by atoms with Gasteiger partial charge in [0.2, 0.25) is 6.43 Å². The van der Waals surface area contributed by atoms with Gasteiger partial charge in [-0.1, -0.05) is 42.5 Å². The molecule has 2 atom stereocenters. The molecule has 0 saturated heterocycles. The zero-order chi connectivity index (χ0) is 20.5. The van der Waals surface area contributed by atoms with E-state index in [0.29, 0.717) is 16.7 Å². The van der Waals surface area contributed by atoms with Crippen LogP contribution in [0.5, 0.6) is 0 Å². The molecular formula is C21H23F2NO4. The number of esters is 1. The van der Waals surface area contributed by atoms with E-state index >= 15 is 0 Å². The summed E-state index contributed by atoms with van der Waals surface area (Å²) in [5, 5.41) is 12.4. The second-order valence-corrected chi connectivity index (χ2v) is 6.23. The first kappa shape index (κ1) is 21.5. The third-order valence-corrected chi connectivity index (χ3v) is 4.12. The summed E-state index contributed by atoms with van der Waals surface area (Å²) in [6.07, 6.45) is -4.33. The number of rotatable bonds is 9. The van der Waals surface area contributed by atoms with Gasteiger partial charge in [-0.05, 0) is 30.2 Å². The molecule has 0 spiro atoms. The summed E-state index contributed by atoms with van der Waals surface area (Å²) in [7, 11) is 0. The zero-order valence-electron chi connectivity index (χ0n) is 15.5. The molecule has 0 aliphatic carbocycles. The SMILES string of the molecule is CCOC(=O)[C@H](Cc1ccc(C(O)CC(F)F)cc1)NC(=O)c1ccccc1. The molecule has 1 amide bonds. The lowest BCUT2D eigenvalue weighted by atomic mass is 10.0. The minimum absolute atomic E-state index is 0.169. The van der Waals surface area contributed by atoms with Crippen LogP contribution in [0.15, 0.2) is 54.6 Å². The first-order chi connectivity index (χ1) is 13.4. The first-order valence-electron chi connectivity index (χ1n) is 8.98. The fraction of sp³-hybridized carbons (Fsp3) is 0.333. The number of hydrogen-bond donors (Lipinski definition) is 2. The minimum atomic E-state index is -2.60. The van der Waals surface area contributed by atoms with Crippen molar-refractivity contribution in [2.24, 2.45) is 0 Å². The molecule has 0 aliphatic heterocycles. The average Bonchev–Trinajstić information content (AvgIpc) is 2.68. The molecule has 2 aromatic rings. The second kappa shape index (κ2) is 10.5. The first-order valence-corrected chi connectivity index (χ1v) is 8.98. The van der Waals surface area contributed by atoms with Crippen LogP contribution in [0, 0.1) is 0 Å². The number of aliphatic hydroxyl groups is 1. The predicted octanol–water partition coefficient (Wildman–Crippen LogP) is 3.28. The molecule has 7 heteroatoms. The van der Waals surface area contributed by atoms with Gasteiger partial charge in [0.15, 0.2) is 0 Å². The van der Waals surface area contributed by atoms with Crippen molar-refractivity contribution < 1.29 is 28.2 Å². The van der Waals surface area contributed by atoms with Crippen LogP contribution in [-0.2, 0) is 16.0 Å². The molecule has 0 bridgehead atoms. The smallest absolute Gasteiger partial charge is 0.328 e. The van der Waals surface area contributed by atoms with Crippen molar-refractivity contribution >= 4 is 11.9 Å². The summed E-state index contributed by atoms with van der Waals surface area (Å²) in [5.41, 5.74) is 1.48. The zero-order valence-corrected chi connectivity index (χ0v) is 15.5. The molecule has 0 fully saturated rings. The standard InChI is InChI=1S/C21H23F2NO4/c1-2-28-21(27)17(24-20(26)16-6-4-3-5-7-16)12-14-8-10-15(11-9-14)18(25)13-19(22)23/h3-11,17-19,25H,2,12-13H2,1H3,(H,24,26)/t17-,18?/m0/s1. The van der Waals surface area contributed by atoms with Gasteiger partial charge < -0.3 is 15.2 Å². The normalized spacial score (nSPS) is 13.0. The number of amides is 1. The Morgan fingerprint density at radius 1 is 1.07 bits per heavy atom. The summed E-state index contributed by atoms with van der Waals surface area (Å²) < 4.78 is 29.8. The average molecular weight is 391 g/mol. The maximum absolute atomic E-state index is 12.4. The van der Waals surface area contributed by atoms with E-state index in [4.69, 9.17) is 4.74 Å². The van der Waals surface area contributed by atoms with E-state index in [1.165, 1.54) is 12.1 Å². The molecule has 0 radical (unpaired) electrons. The lowest BCUT2D eigenvalue weighted by Crippen LogP contribution is -2.43. The van der Waals surface area contributed by atoms with E-state index in [-0.39, 0.29) is 13.0 Å². The number of halogens is 2. The van der Waals surface area contributed by atoms with E-state index in [2.05, 4.69) is 5.32 Å². The number of alkyl halides is 2.